The lowest BCUT2D eigenvalue weighted by atomic mass is 9.85. The predicted octanol–water partition coefficient (Wildman–Crippen LogP) is 3.00. The van der Waals surface area contributed by atoms with Crippen LogP contribution in [-0.4, -0.2) is 44.3 Å². The van der Waals surface area contributed by atoms with Gasteiger partial charge in [0.05, 0.1) is 23.4 Å². The molecule has 0 aromatic carbocycles. The Morgan fingerprint density at radius 1 is 1.16 bits per heavy atom. The molecule has 2 aromatic rings. The zero-order valence-corrected chi connectivity index (χ0v) is 15.5. The molecule has 132 valence electrons. The average Bonchev–Trinajstić information content (AvgIpc) is 3.21. The van der Waals surface area contributed by atoms with E-state index < -0.39 is 0 Å². The number of pyridine rings is 1. The summed E-state index contributed by atoms with van der Waals surface area (Å²) < 4.78 is 0. The van der Waals surface area contributed by atoms with Gasteiger partial charge in [-0.1, -0.05) is 6.07 Å². The van der Waals surface area contributed by atoms with E-state index in [-0.39, 0.29) is 5.54 Å². The van der Waals surface area contributed by atoms with Crippen LogP contribution >= 0.6 is 11.3 Å². The van der Waals surface area contributed by atoms with Gasteiger partial charge in [0.2, 0.25) is 5.91 Å². The monoisotopic (exact) mass is 356 g/mol. The van der Waals surface area contributed by atoms with E-state index in [9.17, 15) is 4.79 Å². The molecule has 2 aromatic heterocycles. The highest BCUT2D eigenvalue weighted by Crippen LogP contribution is 2.40. The van der Waals surface area contributed by atoms with E-state index in [2.05, 4.69) is 21.8 Å². The minimum Gasteiger partial charge on any atom is -0.335 e. The van der Waals surface area contributed by atoms with Gasteiger partial charge in [0.25, 0.3) is 0 Å². The van der Waals surface area contributed by atoms with E-state index >= 15 is 0 Å². The first-order valence-electron chi connectivity index (χ1n) is 9.02. The Morgan fingerprint density at radius 3 is 2.72 bits per heavy atom. The van der Waals surface area contributed by atoms with E-state index in [1.54, 1.807) is 17.5 Å². The smallest absolute Gasteiger partial charge is 0.243 e. The van der Waals surface area contributed by atoms with Crippen molar-refractivity contribution in [1.82, 2.24) is 19.8 Å². The average molecular weight is 356 g/mol. The molecule has 1 spiro atoms. The zero-order valence-electron chi connectivity index (χ0n) is 14.6. The van der Waals surface area contributed by atoms with Crippen molar-refractivity contribution in [2.45, 2.75) is 51.2 Å². The molecule has 4 rings (SSSR count). The van der Waals surface area contributed by atoms with Gasteiger partial charge in [-0.05, 0) is 51.3 Å². The molecule has 2 aliphatic heterocycles. The van der Waals surface area contributed by atoms with Crippen LogP contribution in [0.1, 0.15) is 41.9 Å². The van der Waals surface area contributed by atoms with Gasteiger partial charge in [-0.25, -0.2) is 4.98 Å². The molecule has 25 heavy (non-hydrogen) atoms. The van der Waals surface area contributed by atoms with E-state index in [1.807, 2.05) is 28.6 Å². The van der Waals surface area contributed by atoms with Gasteiger partial charge in [-0.2, -0.15) is 0 Å². The first kappa shape index (κ1) is 16.7. The SMILES string of the molecule is Cc1ncsc1CN1CCCC12CCCN(Cc1ccccn1)C2=O. The maximum absolute atomic E-state index is 13.4. The van der Waals surface area contributed by atoms with Crippen LogP contribution in [0.3, 0.4) is 0 Å². The third-order valence-electron chi connectivity index (χ3n) is 5.59. The van der Waals surface area contributed by atoms with Crippen LogP contribution in [-0.2, 0) is 17.9 Å². The number of carbonyl (C=O) groups excluding carboxylic acids is 1. The number of piperidine rings is 1. The fraction of sp³-hybridized carbons (Fsp3) is 0.526. The highest BCUT2D eigenvalue weighted by molar-refractivity contribution is 7.09. The summed E-state index contributed by atoms with van der Waals surface area (Å²) in [6.45, 7) is 5.37. The normalized spacial score (nSPS) is 24.4. The van der Waals surface area contributed by atoms with Crippen molar-refractivity contribution in [3.8, 4) is 0 Å². The molecule has 2 fully saturated rings. The molecule has 1 unspecified atom stereocenters. The maximum Gasteiger partial charge on any atom is 0.243 e. The topological polar surface area (TPSA) is 49.3 Å². The van der Waals surface area contributed by atoms with Gasteiger partial charge in [0.1, 0.15) is 5.54 Å². The first-order chi connectivity index (χ1) is 12.2. The summed E-state index contributed by atoms with van der Waals surface area (Å²) in [5, 5.41) is 0. The maximum atomic E-state index is 13.4. The third-order valence-corrected chi connectivity index (χ3v) is 6.51. The Bertz CT molecular complexity index is 747. The Kier molecular flexibility index (Phi) is 4.56. The summed E-state index contributed by atoms with van der Waals surface area (Å²) >= 11 is 1.70. The number of likely N-dealkylation sites (tertiary alicyclic amines) is 2. The second-order valence-corrected chi connectivity index (χ2v) is 8.01. The summed E-state index contributed by atoms with van der Waals surface area (Å²) in [5.41, 5.74) is 3.66. The Hall–Kier alpha value is -1.79. The molecular formula is C19H24N4OS. The molecule has 6 heteroatoms. The molecule has 4 heterocycles. The molecule has 0 N–H and O–H groups in total. The molecule has 1 atom stereocenters. The van der Waals surface area contributed by atoms with Crippen molar-refractivity contribution < 1.29 is 4.79 Å². The summed E-state index contributed by atoms with van der Waals surface area (Å²) in [5.74, 6) is 0.295. The van der Waals surface area contributed by atoms with E-state index in [0.29, 0.717) is 12.5 Å². The van der Waals surface area contributed by atoms with Crippen LogP contribution in [0.5, 0.6) is 0 Å². The fourth-order valence-corrected chi connectivity index (χ4v) is 5.04. The minimum atomic E-state index is -0.316. The summed E-state index contributed by atoms with van der Waals surface area (Å²) in [4.78, 5) is 27.9. The Labute approximate surface area is 152 Å². The highest BCUT2D eigenvalue weighted by Gasteiger charge is 2.50. The Morgan fingerprint density at radius 2 is 2.00 bits per heavy atom. The van der Waals surface area contributed by atoms with Crippen molar-refractivity contribution in [2.75, 3.05) is 13.1 Å². The van der Waals surface area contributed by atoms with Gasteiger partial charge < -0.3 is 4.90 Å². The van der Waals surface area contributed by atoms with Crippen molar-refractivity contribution >= 4 is 17.2 Å². The quantitative estimate of drug-likeness (QED) is 0.845. The summed E-state index contributed by atoms with van der Waals surface area (Å²) in [6.07, 6.45) is 5.91. The van der Waals surface area contributed by atoms with Gasteiger partial charge in [0.15, 0.2) is 0 Å². The van der Waals surface area contributed by atoms with Gasteiger partial charge in [-0.15, -0.1) is 11.3 Å². The molecule has 0 bridgehead atoms. The van der Waals surface area contributed by atoms with E-state index in [1.165, 1.54) is 4.88 Å². The molecule has 5 nitrogen and oxygen atoms in total. The number of hydrogen-bond acceptors (Lipinski definition) is 5. The van der Waals surface area contributed by atoms with Crippen LogP contribution in [0.4, 0.5) is 0 Å². The first-order valence-corrected chi connectivity index (χ1v) is 9.90. The fourth-order valence-electron chi connectivity index (χ4n) is 4.24. The van der Waals surface area contributed by atoms with E-state index in [0.717, 1.165) is 56.7 Å². The van der Waals surface area contributed by atoms with Crippen LogP contribution < -0.4 is 0 Å². The molecule has 2 aliphatic rings. The second-order valence-electron chi connectivity index (χ2n) is 7.07. The number of hydrogen-bond donors (Lipinski definition) is 0. The molecule has 0 saturated carbocycles. The minimum absolute atomic E-state index is 0.295. The molecular weight excluding hydrogens is 332 g/mol. The number of thiazole rings is 1. The van der Waals surface area contributed by atoms with Crippen molar-refractivity contribution in [3.63, 3.8) is 0 Å². The summed E-state index contributed by atoms with van der Waals surface area (Å²) in [6, 6.07) is 5.90. The molecule has 1 amide bonds. The second kappa shape index (κ2) is 6.84. The number of amides is 1. The number of aryl methyl sites for hydroxylation is 1. The van der Waals surface area contributed by atoms with Crippen LogP contribution in [0.25, 0.3) is 0 Å². The van der Waals surface area contributed by atoms with Gasteiger partial charge >= 0.3 is 0 Å². The highest BCUT2D eigenvalue weighted by atomic mass is 32.1. The van der Waals surface area contributed by atoms with Gasteiger partial charge in [-0.3, -0.25) is 14.7 Å². The van der Waals surface area contributed by atoms with E-state index in [4.69, 9.17) is 0 Å². The number of nitrogens with zero attached hydrogens (tertiary/aromatic N) is 4. The number of aromatic nitrogens is 2. The lowest BCUT2D eigenvalue weighted by Crippen LogP contribution is -2.59. The van der Waals surface area contributed by atoms with Gasteiger partial charge in [0, 0.05) is 24.2 Å². The summed E-state index contributed by atoms with van der Waals surface area (Å²) in [7, 11) is 0. The third kappa shape index (κ3) is 3.09. The van der Waals surface area contributed by atoms with Crippen LogP contribution in [0.2, 0.25) is 0 Å². The van der Waals surface area contributed by atoms with Crippen molar-refractivity contribution in [3.05, 3.63) is 46.2 Å². The predicted molar refractivity (Wildman–Crippen MR) is 98.1 cm³/mol. The van der Waals surface area contributed by atoms with Crippen LogP contribution in [0.15, 0.2) is 29.9 Å². The molecule has 0 aliphatic carbocycles. The largest absolute Gasteiger partial charge is 0.335 e. The Balaban J connectivity index is 1.55. The number of carbonyl (C=O) groups is 1. The van der Waals surface area contributed by atoms with Crippen LogP contribution in [0, 0.1) is 6.92 Å². The standard InChI is InChI=1S/C19H24N4OS/c1-15-17(25-14-21-15)13-23-11-5-8-19(23)7-4-10-22(18(19)24)12-16-6-2-3-9-20-16/h2-3,6,9,14H,4-5,7-8,10-13H2,1H3. The zero-order chi connectivity index (χ0) is 17.3. The van der Waals surface area contributed by atoms with Crippen molar-refractivity contribution in [2.24, 2.45) is 0 Å². The lowest BCUT2D eigenvalue weighted by Gasteiger charge is -2.44. The number of rotatable bonds is 4. The van der Waals surface area contributed by atoms with Crippen molar-refractivity contribution in [1.29, 1.82) is 0 Å². The molecule has 2 saturated heterocycles. The molecule has 0 radical (unpaired) electrons. The lowest BCUT2D eigenvalue weighted by molar-refractivity contribution is -0.148.